The van der Waals surface area contributed by atoms with E-state index in [0.29, 0.717) is 16.5 Å². The highest BCUT2D eigenvalue weighted by molar-refractivity contribution is 6.33. The highest BCUT2D eigenvalue weighted by atomic mass is 35.5. The number of carbonyl (C=O) groups excluding carboxylic acids is 2. The summed E-state index contributed by atoms with van der Waals surface area (Å²) in [4.78, 5) is 24.4. The molecule has 5 nitrogen and oxygen atoms in total. The molecule has 29 heavy (non-hydrogen) atoms. The number of hydrogen-bond donors (Lipinski definition) is 1. The van der Waals surface area contributed by atoms with Crippen LogP contribution in [0.5, 0.6) is 5.75 Å². The van der Waals surface area contributed by atoms with E-state index in [1.807, 2.05) is 0 Å². The third kappa shape index (κ3) is 5.80. The molecule has 7 heteroatoms. The van der Waals surface area contributed by atoms with Crippen LogP contribution in [0, 0.1) is 5.82 Å². The lowest BCUT2D eigenvalue weighted by molar-refractivity contribution is -0.119. The molecular formula is C22H17ClFNO4. The Kier molecular flexibility index (Phi) is 6.81. The van der Waals surface area contributed by atoms with Crippen molar-refractivity contribution in [3.8, 4) is 5.75 Å². The minimum Gasteiger partial charge on any atom is -0.488 e. The maximum Gasteiger partial charge on any atom is 0.342 e. The fourth-order valence-electron chi connectivity index (χ4n) is 2.46. The number of rotatable bonds is 7. The summed E-state index contributed by atoms with van der Waals surface area (Å²) in [6.45, 7) is -0.325. The van der Waals surface area contributed by atoms with Gasteiger partial charge in [0.05, 0.1) is 10.7 Å². The van der Waals surface area contributed by atoms with E-state index >= 15 is 0 Å². The zero-order valence-electron chi connectivity index (χ0n) is 15.2. The number of carbonyl (C=O) groups is 2. The maximum absolute atomic E-state index is 13.0. The fraction of sp³-hybridized carbons (Fsp3) is 0.0909. The maximum atomic E-state index is 13.0. The van der Waals surface area contributed by atoms with Crippen LogP contribution in [0.3, 0.4) is 0 Å². The summed E-state index contributed by atoms with van der Waals surface area (Å²) < 4.78 is 23.7. The highest BCUT2D eigenvalue weighted by Gasteiger charge is 2.16. The fourth-order valence-corrected chi connectivity index (χ4v) is 2.64. The lowest BCUT2D eigenvalue weighted by atomic mass is 10.2. The number of halogens is 2. The number of amides is 1. The first kappa shape index (κ1) is 20.4. The van der Waals surface area contributed by atoms with Crippen LogP contribution in [0.1, 0.15) is 15.9 Å². The molecule has 0 fully saturated rings. The van der Waals surface area contributed by atoms with Crippen molar-refractivity contribution >= 4 is 29.2 Å². The van der Waals surface area contributed by atoms with Gasteiger partial charge in [0.15, 0.2) is 6.61 Å². The summed E-state index contributed by atoms with van der Waals surface area (Å²) in [5.74, 6) is -1.26. The van der Waals surface area contributed by atoms with Crippen molar-refractivity contribution in [3.63, 3.8) is 0 Å². The van der Waals surface area contributed by atoms with Gasteiger partial charge in [-0.1, -0.05) is 48.0 Å². The number of hydrogen-bond acceptors (Lipinski definition) is 4. The lowest BCUT2D eigenvalue weighted by Gasteiger charge is -2.12. The van der Waals surface area contributed by atoms with Crippen LogP contribution in [-0.2, 0) is 16.1 Å². The Morgan fingerprint density at radius 2 is 1.62 bits per heavy atom. The second kappa shape index (κ2) is 9.71. The molecule has 0 saturated carbocycles. The van der Waals surface area contributed by atoms with Gasteiger partial charge in [-0.3, -0.25) is 4.79 Å². The standard InChI is InChI=1S/C22H17ClFNO4/c23-18-6-2-3-7-19(18)25-21(26)14-29-22(27)17-5-1-4-8-20(17)28-13-15-9-11-16(24)12-10-15/h1-12H,13-14H2,(H,25,26). The zero-order chi connectivity index (χ0) is 20.6. The van der Waals surface area contributed by atoms with E-state index in [1.54, 1.807) is 54.6 Å². The minimum atomic E-state index is -0.700. The largest absolute Gasteiger partial charge is 0.488 e. The number of anilines is 1. The summed E-state index contributed by atoms with van der Waals surface area (Å²) in [5.41, 5.74) is 1.35. The molecule has 0 spiro atoms. The SMILES string of the molecule is O=C(COC(=O)c1ccccc1OCc1ccc(F)cc1)Nc1ccccc1Cl. The van der Waals surface area contributed by atoms with E-state index in [4.69, 9.17) is 21.1 Å². The van der Waals surface area contributed by atoms with Crippen molar-refractivity contribution in [2.24, 2.45) is 0 Å². The molecule has 0 aromatic heterocycles. The molecule has 0 aliphatic rings. The first-order valence-corrected chi connectivity index (χ1v) is 9.08. The first-order chi connectivity index (χ1) is 14.0. The molecule has 1 N–H and O–H groups in total. The number of esters is 1. The summed E-state index contributed by atoms with van der Waals surface area (Å²) in [6, 6.07) is 19.1. The molecule has 148 valence electrons. The van der Waals surface area contributed by atoms with E-state index in [-0.39, 0.29) is 18.0 Å². The smallest absolute Gasteiger partial charge is 0.342 e. The van der Waals surface area contributed by atoms with Crippen LogP contribution in [0.15, 0.2) is 72.8 Å². The summed E-state index contributed by atoms with van der Waals surface area (Å²) >= 11 is 5.98. The molecule has 0 saturated heterocycles. The van der Waals surface area contributed by atoms with Gasteiger partial charge in [-0.15, -0.1) is 0 Å². The van der Waals surface area contributed by atoms with Crippen molar-refractivity contribution in [2.75, 3.05) is 11.9 Å². The van der Waals surface area contributed by atoms with Crippen molar-refractivity contribution in [1.82, 2.24) is 0 Å². The van der Waals surface area contributed by atoms with Crippen LogP contribution in [0.4, 0.5) is 10.1 Å². The molecule has 0 aliphatic carbocycles. The summed E-state index contributed by atoms with van der Waals surface area (Å²) in [5, 5.41) is 2.95. The van der Waals surface area contributed by atoms with Crippen LogP contribution in [0.2, 0.25) is 5.02 Å². The predicted molar refractivity (Wildman–Crippen MR) is 108 cm³/mol. The van der Waals surface area contributed by atoms with Gasteiger partial charge in [0.1, 0.15) is 23.7 Å². The van der Waals surface area contributed by atoms with Gasteiger partial charge in [-0.05, 0) is 42.0 Å². The number of benzene rings is 3. The molecule has 3 rings (SSSR count). The third-order valence-corrected chi connectivity index (χ3v) is 4.23. The van der Waals surface area contributed by atoms with E-state index in [2.05, 4.69) is 5.32 Å². The Morgan fingerprint density at radius 1 is 0.931 bits per heavy atom. The quantitative estimate of drug-likeness (QED) is 0.562. The van der Waals surface area contributed by atoms with Gasteiger partial charge in [0.25, 0.3) is 5.91 Å². The van der Waals surface area contributed by atoms with Crippen LogP contribution >= 0.6 is 11.6 Å². The molecule has 0 bridgehead atoms. The van der Waals surface area contributed by atoms with Gasteiger partial charge in [-0.2, -0.15) is 0 Å². The van der Waals surface area contributed by atoms with Crippen LogP contribution < -0.4 is 10.1 Å². The molecule has 0 heterocycles. The van der Waals surface area contributed by atoms with E-state index in [9.17, 15) is 14.0 Å². The number of ether oxygens (including phenoxy) is 2. The Bertz CT molecular complexity index is 1010. The number of nitrogens with one attached hydrogen (secondary N) is 1. The van der Waals surface area contributed by atoms with E-state index < -0.39 is 18.5 Å². The van der Waals surface area contributed by atoms with Crippen molar-refractivity contribution in [3.05, 3.63) is 94.8 Å². The van der Waals surface area contributed by atoms with Gasteiger partial charge < -0.3 is 14.8 Å². The van der Waals surface area contributed by atoms with Crippen LogP contribution in [-0.4, -0.2) is 18.5 Å². The summed E-state index contributed by atoms with van der Waals surface area (Å²) in [6.07, 6.45) is 0. The Balaban J connectivity index is 1.58. The molecule has 0 aliphatic heterocycles. The number of para-hydroxylation sites is 2. The molecule has 0 atom stereocenters. The summed E-state index contributed by atoms with van der Waals surface area (Å²) in [7, 11) is 0. The van der Waals surface area contributed by atoms with Crippen molar-refractivity contribution in [1.29, 1.82) is 0 Å². The van der Waals surface area contributed by atoms with Crippen LogP contribution in [0.25, 0.3) is 0 Å². The van der Waals surface area contributed by atoms with Crippen molar-refractivity contribution < 1.29 is 23.5 Å². The monoisotopic (exact) mass is 413 g/mol. The van der Waals surface area contributed by atoms with E-state index in [0.717, 1.165) is 5.56 Å². The molecule has 1 amide bonds. The molecule has 0 radical (unpaired) electrons. The Hall–Kier alpha value is -3.38. The normalized spacial score (nSPS) is 10.3. The minimum absolute atomic E-state index is 0.150. The average molecular weight is 414 g/mol. The van der Waals surface area contributed by atoms with Crippen molar-refractivity contribution in [2.45, 2.75) is 6.61 Å². The average Bonchev–Trinajstić information content (AvgIpc) is 2.73. The molecule has 0 unspecified atom stereocenters. The molecule has 3 aromatic rings. The van der Waals surface area contributed by atoms with Gasteiger partial charge in [0.2, 0.25) is 0 Å². The highest BCUT2D eigenvalue weighted by Crippen LogP contribution is 2.22. The topological polar surface area (TPSA) is 64.6 Å². The Morgan fingerprint density at radius 3 is 2.38 bits per heavy atom. The Labute approximate surface area is 172 Å². The lowest BCUT2D eigenvalue weighted by Crippen LogP contribution is -2.21. The first-order valence-electron chi connectivity index (χ1n) is 8.70. The predicted octanol–water partition coefficient (Wildman–Crippen LogP) is 4.85. The second-order valence-corrected chi connectivity index (χ2v) is 6.42. The molecule has 3 aromatic carbocycles. The third-order valence-electron chi connectivity index (χ3n) is 3.90. The van der Waals surface area contributed by atoms with Gasteiger partial charge >= 0.3 is 5.97 Å². The molecular weight excluding hydrogens is 397 g/mol. The second-order valence-electron chi connectivity index (χ2n) is 6.02. The van der Waals surface area contributed by atoms with Gasteiger partial charge in [-0.25, -0.2) is 9.18 Å². The zero-order valence-corrected chi connectivity index (χ0v) is 16.0. The van der Waals surface area contributed by atoms with E-state index in [1.165, 1.54) is 18.2 Å². The van der Waals surface area contributed by atoms with Gasteiger partial charge in [0, 0.05) is 0 Å².